The van der Waals surface area contributed by atoms with E-state index in [1.807, 2.05) is 0 Å². The molecule has 1 aromatic carbocycles. The van der Waals surface area contributed by atoms with E-state index < -0.39 is 11.7 Å². The molecular formula is C21H29F3N2O. The fourth-order valence-corrected chi connectivity index (χ4v) is 4.07. The predicted octanol–water partition coefficient (Wildman–Crippen LogP) is 4.58. The highest BCUT2D eigenvalue weighted by molar-refractivity contribution is 5.83. The van der Waals surface area contributed by atoms with Crippen LogP contribution in [-0.4, -0.2) is 37.0 Å². The number of hydrogen-bond acceptors (Lipinski definition) is 2. The summed E-state index contributed by atoms with van der Waals surface area (Å²) in [6.45, 7) is 4.16. The summed E-state index contributed by atoms with van der Waals surface area (Å²) in [5.41, 5.74) is -0.352. The minimum atomic E-state index is -4.37. The fraction of sp³-hybridized carbons (Fsp3) is 0.667. The van der Waals surface area contributed by atoms with E-state index in [1.54, 1.807) is 6.07 Å². The summed E-state index contributed by atoms with van der Waals surface area (Å²) < 4.78 is 39.3. The van der Waals surface area contributed by atoms with Crippen LogP contribution in [0, 0.1) is 5.92 Å². The molecule has 150 valence electrons. The van der Waals surface area contributed by atoms with Crippen LogP contribution >= 0.6 is 0 Å². The summed E-state index contributed by atoms with van der Waals surface area (Å²) in [4.78, 5) is 14.7. The van der Waals surface area contributed by atoms with Crippen molar-refractivity contribution in [3.8, 4) is 0 Å². The van der Waals surface area contributed by atoms with Gasteiger partial charge in [-0.15, -0.1) is 0 Å². The van der Waals surface area contributed by atoms with Crippen LogP contribution in [0.4, 0.5) is 13.2 Å². The summed E-state index contributed by atoms with van der Waals surface area (Å²) in [7, 11) is 0. The van der Waals surface area contributed by atoms with Crippen molar-refractivity contribution in [2.24, 2.45) is 5.92 Å². The Balaban J connectivity index is 1.35. The van der Waals surface area contributed by atoms with Crippen molar-refractivity contribution in [1.29, 1.82) is 0 Å². The normalized spacial score (nSPS) is 23.2. The van der Waals surface area contributed by atoms with Crippen molar-refractivity contribution in [2.45, 2.75) is 57.0 Å². The number of alkyl halides is 3. The lowest BCUT2D eigenvalue weighted by molar-refractivity contribution is -0.138. The minimum absolute atomic E-state index is 0.104. The number of carbonyl (C=O) groups is 1. The number of rotatable bonds is 8. The Bertz CT molecular complexity index is 626. The Morgan fingerprint density at radius 2 is 1.81 bits per heavy atom. The molecule has 0 aromatic heterocycles. The van der Waals surface area contributed by atoms with E-state index in [2.05, 4.69) is 10.2 Å². The molecular weight excluding hydrogens is 353 g/mol. The van der Waals surface area contributed by atoms with Gasteiger partial charge in [0.2, 0.25) is 5.91 Å². The van der Waals surface area contributed by atoms with Gasteiger partial charge in [-0.2, -0.15) is 13.2 Å². The molecule has 27 heavy (non-hydrogen) atoms. The number of nitrogens with zero attached hydrogens (tertiary/aromatic N) is 1. The molecule has 1 saturated carbocycles. The van der Waals surface area contributed by atoms with E-state index in [4.69, 9.17) is 0 Å². The number of carbonyl (C=O) groups excluding carboxylic acids is 1. The van der Waals surface area contributed by atoms with Gasteiger partial charge in [0.05, 0.1) is 5.56 Å². The number of unbranched alkanes of at least 4 members (excludes halogenated alkanes) is 2. The van der Waals surface area contributed by atoms with Crippen molar-refractivity contribution in [3.63, 3.8) is 0 Å². The highest BCUT2D eigenvalue weighted by atomic mass is 19.4. The maximum Gasteiger partial charge on any atom is 0.416 e. The quantitative estimate of drug-likeness (QED) is 0.668. The summed E-state index contributed by atoms with van der Waals surface area (Å²) in [5.74, 6) is -0.725. The highest BCUT2D eigenvalue weighted by Crippen LogP contribution is 2.51. The topological polar surface area (TPSA) is 32.3 Å². The zero-order chi connectivity index (χ0) is 19.3. The van der Waals surface area contributed by atoms with Crippen LogP contribution in [0.3, 0.4) is 0 Å². The number of nitrogens with one attached hydrogen (secondary N) is 1. The number of amides is 1. The first-order valence-electron chi connectivity index (χ1n) is 10.1. The summed E-state index contributed by atoms with van der Waals surface area (Å²) in [5, 5.41) is 2.91. The molecule has 2 aliphatic rings. The van der Waals surface area contributed by atoms with Crippen molar-refractivity contribution >= 4 is 5.91 Å². The largest absolute Gasteiger partial charge is 0.416 e. The molecule has 1 aliphatic carbocycles. The molecule has 1 aliphatic heterocycles. The van der Waals surface area contributed by atoms with Crippen LogP contribution in [-0.2, 0) is 11.0 Å². The smallest absolute Gasteiger partial charge is 0.356 e. The third kappa shape index (κ3) is 5.71. The lowest BCUT2D eigenvalue weighted by Gasteiger charge is -2.26. The molecule has 0 radical (unpaired) electrons. The Morgan fingerprint density at radius 1 is 1.07 bits per heavy atom. The van der Waals surface area contributed by atoms with Gasteiger partial charge in [0.15, 0.2) is 0 Å². The third-order valence-corrected chi connectivity index (χ3v) is 5.69. The molecule has 3 rings (SSSR count). The minimum Gasteiger partial charge on any atom is -0.356 e. The van der Waals surface area contributed by atoms with Crippen LogP contribution < -0.4 is 5.32 Å². The molecule has 6 heteroatoms. The zero-order valence-electron chi connectivity index (χ0n) is 15.7. The van der Waals surface area contributed by atoms with E-state index in [-0.39, 0.29) is 23.3 Å². The average molecular weight is 382 g/mol. The van der Waals surface area contributed by atoms with Gasteiger partial charge in [-0.1, -0.05) is 31.0 Å². The Morgan fingerprint density at radius 3 is 2.56 bits per heavy atom. The number of likely N-dealkylation sites (tertiary alicyclic amines) is 1. The van der Waals surface area contributed by atoms with Crippen molar-refractivity contribution in [2.75, 3.05) is 26.2 Å². The van der Waals surface area contributed by atoms with Gasteiger partial charge in [-0.25, -0.2) is 0 Å². The first kappa shape index (κ1) is 20.2. The molecule has 2 fully saturated rings. The maximum atomic E-state index is 13.1. The zero-order valence-corrected chi connectivity index (χ0v) is 15.7. The van der Waals surface area contributed by atoms with Gasteiger partial charge >= 0.3 is 6.18 Å². The van der Waals surface area contributed by atoms with Crippen molar-refractivity contribution < 1.29 is 18.0 Å². The first-order valence-corrected chi connectivity index (χ1v) is 10.1. The van der Waals surface area contributed by atoms with E-state index in [1.165, 1.54) is 44.5 Å². The maximum absolute atomic E-state index is 13.1. The second kappa shape index (κ2) is 9.09. The van der Waals surface area contributed by atoms with Gasteiger partial charge in [-0.3, -0.25) is 4.79 Å². The molecule has 1 amide bonds. The van der Waals surface area contributed by atoms with Crippen LogP contribution in [0.2, 0.25) is 0 Å². The second-order valence-corrected chi connectivity index (χ2v) is 7.79. The molecule has 1 N–H and O–H groups in total. The monoisotopic (exact) mass is 382 g/mol. The van der Waals surface area contributed by atoms with E-state index in [0.29, 0.717) is 13.0 Å². The van der Waals surface area contributed by atoms with Gasteiger partial charge < -0.3 is 10.2 Å². The Hall–Kier alpha value is -1.56. The van der Waals surface area contributed by atoms with E-state index in [0.717, 1.165) is 31.9 Å². The molecule has 2 unspecified atom stereocenters. The first-order chi connectivity index (χ1) is 13.0. The predicted molar refractivity (Wildman–Crippen MR) is 99.4 cm³/mol. The van der Waals surface area contributed by atoms with Crippen molar-refractivity contribution in [3.05, 3.63) is 35.4 Å². The number of piperidine rings is 1. The SMILES string of the molecule is O=C(NCCCCCN1CCCCC1)C1CC1c1ccccc1C(F)(F)F. The fourth-order valence-electron chi connectivity index (χ4n) is 4.07. The molecule has 1 heterocycles. The molecule has 0 bridgehead atoms. The number of hydrogen-bond donors (Lipinski definition) is 1. The Labute approximate surface area is 159 Å². The van der Waals surface area contributed by atoms with Crippen LogP contribution in [0.5, 0.6) is 0 Å². The highest BCUT2D eigenvalue weighted by Gasteiger charge is 2.47. The second-order valence-electron chi connectivity index (χ2n) is 7.79. The third-order valence-electron chi connectivity index (χ3n) is 5.69. The lowest BCUT2D eigenvalue weighted by Crippen LogP contribution is -2.30. The van der Waals surface area contributed by atoms with Gasteiger partial charge in [-0.05, 0) is 69.3 Å². The molecule has 1 aromatic rings. The molecule has 1 saturated heterocycles. The summed E-state index contributed by atoms with van der Waals surface area (Å²) >= 11 is 0. The molecule has 3 nitrogen and oxygen atoms in total. The molecule has 2 atom stereocenters. The van der Waals surface area contributed by atoms with Gasteiger partial charge in [0, 0.05) is 12.5 Å². The lowest BCUT2D eigenvalue weighted by atomic mass is 10.0. The Kier molecular flexibility index (Phi) is 6.79. The average Bonchev–Trinajstić information content (AvgIpc) is 3.45. The number of halogens is 3. The van der Waals surface area contributed by atoms with Crippen molar-refractivity contribution in [1.82, 2.24) is 10.2 Å². The summed E-state index contributed by atoms with van der Waals surface area (Å²) in [6, 6.07) is 5.61. The van der Waals surface area contributed by atoms with Crippen LogP contribution in [0.15, 0.2) is 24.3 Å². The van der Waals surface area contributed by atoms with Crippen LogP contribution in [0.25, 0.3) is 0 Å². The van der Waals surface area contributed by atoms with E-state index in [9.17, 15) is 18.0 Å². The standard InChI is InChI=1S/C21H29F3N2O/c22-21(23,24)19-10-4-3-9-16(19)17-15-18(17)20(27)25-11-5-1-6-12-26-13-7-2-8-14-26/h3-4,9-10,17-18H,1-2,5-8,11-15H2,(H,25,27). The van der Waals surface area contributed by atoms with E-state index >= 15 is 0 Å². The molecule has 0 spiro atoms. The van der Waals surface area contributed by atoms with Crippen LogP contribution in [0.1, 0.15) is 62.0 Å². The summed E-state index contributed by atoms with van der Waals surface area (Å²) in [6.07, 6.45) is 3.23. The van der Waals surface area contributed by atoms with Gasteiger partial charge in [0.25, 0.3) is 0 Å². The number of benzene rings is 1. The van der Waals surface area contributed by atoms with Gasteiger partial charge in [0.1, 0.15) is 0 Å².